The molecule has 2 N–H and O–H groups in total. The Morgan fingerprint density at radius 3 is 2.51 bits per heavy atom. The van der Waals surface area contributed by atoms with Crippen LogP contribution in [0.1, 0.15) is 112 Å². The van der Waals surface area contributed by atoms with E-state index in [2.05, 4.69) is 19.1 Å². The van der Waals surface area contributed by atoms with E-state index in [1.165, 1.54) is 16.7 Å². The number of Topliss-reactive ketones (excluding diaryl/α,β-unsaturated/α-hetero) is 1. The highest BCUT2D eigenvalue weighted by atomic mass is 16.7. The van der Waals surface area contributed by atoms with E-state index in [9.17, 15) is 15.0 Å². The van der Waals surface area contributed by atoms with Gasteiger partial charge in [0.05, 0.1) is 31.0 Å². The summed E-state index contributed by atoms with van der Waals surface area (Å²) in [7, 11) is 0. The van der Waals surface area contributed by atoms with Crippen molar-refractivity contribution in [3.05, 3.63) is 58.7 Å². The number of hydrogen-bond donors (Lipinski definition) is 2. The molecule has 7 nitrogen and oxygen atoms in total. The van der Waals surface area contributed by atoms with Gasteiger partial charge < -0.3 is 29.2 Å². The smallest absolute Gasteiger partial charge is 0.171 e. The van der Waals surface area contributed by atoms with E-state index in [-0.39, 0.29) is 29.3 Å². The Balaban J connectivity index is 1.13. The van der Waals surface area contributed by atoms with Crippen LogP contribution >= 0.6 is 0 Å². The molecule has 7 aliphatic rings. The minimum Gasteiger partial charge on any atom is -0.385 e. The van der Waals surface area contributed by atoms with Crippen LogP contribution in [0.25, 0.3) is 0 Å². The number of aliphatic hydroxyl groups is 2. The maximum Gasteiger partial charge on any atom is 0.171 e. The molecule has 3 unspecified atom stereocenters. The molecular formula is C38H50O7. The summed E-state index contributed by atoms with van der Waals surface area (Å²) in [5.74, 6) is 0.464. The molecule has 1 spiro atoms. The summed E-state index contributed by atoms with van der Waals surface area (Å²) in [5.41, 5.74) is 2.36. The number of carbonyl (C=O) groups is 1. The lowest BCUT2D eigenvalue weighted by Gasteiger charge is -2.57. The topological polar surface area (TPSA) is 94.5 Å². The van der Waals surface area contributed by atoms with Gasteiger partial charge in [-0.3, -0.25) is 4.79 Å². The molecule has 7 heteroatoms. The van der Waals surface area contributed by atoms with E-state index in [0.717, 1.165) is 82.8 Å². The van der Waals surface area contributed by atoms with Gasteiger partial charge in [-0.15, -0.1) is 0 Å². The summed E-state index contributed by atoms with van der Waals surface area (Å²) >= 11 is 0. The van der Waals surface area contributed by atoms with Crippen molar-refractivity contribution in [2.45, 2.75) is 120 Å². The Morgan fingerprint density at radius 1 is 0.978 bits per heavy atom. The largest absolute Gasteiger partial charge is 0.385 e. The van der Waals surface area contributed by atoms with E-state index < -0.39 is 17.0 Å². The minimum absolute atomic E-state index is 0.0625. The molecule has 0 amide bonds. The second-order valence-corrected chi connectivity index (χ2v) is 15.4. The lowest BCUT2D eigenvalue weighted by molar-refractivity contribution is -0.208. The van der Waals surface area contributed by atoms with Crippen molar-refractivity contribution in [3.63, 3.8) is 0 Å². The number of fused-ring (bicyclic) bond motifs is 4. The van der Waals surface area contributed by atoms with Gasteiger partial charge in [-0.2, -0.15) is 0 Å². The molecule has 2 heterocycles. The number of carbonyl (C=O) groups excluding carboxylic acids is 1. The fourth-order valence-corrected chi connectivity index (χ4v) is 10.3. The van der Waals surface area contributed by atoms with Crippen LogP contribution in [0, 0.1) is 23.2 Å². The molecule has 5 aliphatic carbocycles. The monoisotopic (exact) mass is 618 g/mol. The summed E-state index contributed by atoms with van der Waals surface area (Å²) in [6.45, 7) is 4.67. The van der Waals surface area contributed by atoms with Crippen molar-refractivity contribution >= 4 is 5.78 Å². The van der Waals surface area contributed by atoms with Crippen molar-refractivity contribution in [1.29, 1.82) is 0 Å². The maximum atomic E-state index is 12.9. The standard InChI is InChI=1S/C38H50O7/c1-35-23-29(25-6-8-26(9-7-25)34(39)27-10-11-27)33-28(12-16-36(40)24-38(18-14-31(33)36)44-21-22-45-38)30(35)13-17-37(35,41)15-4-20-43-32-5-2-3-19-42-32/h4,6-9,15,27-30,32,40-41H,2-3,5,10-14,16-24H2,1H3/b15-4-/t28?,29-,30?,32?,35+,36-,37+/m1/s1. The number of ketones is 1. The van der Waals surface area contributed by atoms with Crippen LogP contribution in [-0.2, 0) is 18.9 Å². The van der Waals surface area contributed by atoms with Gasteiger partial charge in [-0.25, -0.2) is 0 Å². The summed E-state index contributed by atoms with van der Waals surface area (Å²) in [6.07, 6.45) is 15.1. The van der Waals surface area contributed by atoms with Crippen LogP contribution in [0.2, 0.25) is 0 Å². The van der Waals surface area contributed by atoms with Gasteiger partial charge in [0, 0.05) is 42.3 Å². The zero-order valence-corrected chi connectivity index (χ0v) is 26.8. The van der Waals surface area contributed by atoms with Gasteiger partial charge in [0.1, 0.15) is 0 Å². The van der Waals surface area contributed by atoms with Crippen LogP contribution in [0.3, 0.4) is 0 Å². The van der Waals surface area contributed by atoms with Gasteiger partial charge in [-0.1, -0.05) is 48.9 Å². The number of allylic oxidation sites excluding steroid dienone is 1. The van der Waals surface area contributed by atoms with E-state index >= 15 is 0 Å². The summed E-state index contributed by atoms with van der Waals surface area (Å²) in [5, 5.41) is 24.7. The predicted octanol–water partition coefficient (Wildman–Crippen LogP) is 6.38. The molecule has 4 saturated carbocycles. The van der Waals surface area contributed by atoms with Crippen molar-refractivity contribution in [2.24, 2.45) is 23.2 Å². The van der Waals surface area contributed by atoms with Crippen molar-refractivity contribution in [1.82, 2.24) is 0 Å². The van der Waals surface area contributed by atoms with Gasteiger partial charge in [-0.05, 0) is 93.6 Å². The molecule has 0 bridgehead atoms. The average molecular weight is 619 g/mol. The molecule has 2 saturated heterocycles. The predicted molar refractivity (Wildman–Crippen MR) is 169 cm³/mol. The van der Waals surface area contributed by atoms with Gasteiger partial charge in [0.2, 0.25) is 0 Å². The Kier molecular flexibility index (Phi) is 7.71. The van der Waals surface area contributed by atoms with Crippen molar-refractivity contribution in [2.75, 3.05) is 26.4 Å². The van der Waals surface area contributed by atoms with Gasteiger partial charge in [0.15, 0.2) is 17.9 Å². The summed E-state index contributed by atoms with van der Waals surface area (Å²) in [6, 6.07) is 8.33. The van der Waals surface area contributed by atoms with Crippen LogP contribution in [-0.4, -0.2) is 65.7 Å². The first-order valence-corrected chi connectivity index (χ1v) is 17.7. The maximum absolute atomic E-state index is 12.9. The lowest BCUT2D eigenvalue weighted by atomic mass is 9.49. The first-order valence-electron chi connectivity index (χ1n) is 17.7. The third kappa shape index (κ3) is 5.21. The normalized spacial score (nSPS) is 40.9. The SMILES string of the molecule is C[C@]12C[C@H](c3ccc(C(=O)C4CC4)cc3)C3=C4CCC5(C[C@]4(O)CCC3C1CC[C@@]2(O)/C=C\COC1CCCCO1)OCCO5. The molecule has 2 aliphatic heterocycles. The molecule has 1 aromatic carbocycles. The second-order valence-electron chi connectivity index (χ2n) is 15.4. The van der Waals surface area contributed by atoms with Crippen LogP contribution in [0.5, 0.6) is 0 Å². The molecule has 0 radical (unpaired) electrons. The third-order valence-corrected chi connectivity index (χ3v) is 12.9. The lowest BCUT2D eigenvalue weighted by Crippen LogP contribution is -2.55. The van der Waals surface area contributed by atoms with Gasteiger partial charge in [0.25, 0.3) is 0 Å². The Hall–Kier alpha value is -1.87. The second kappa shape index (κ2) is 11.4. The van der Waals surface area contributed by atoms with E-state index in [4.69, 9.17) is 18.9 Å². The van der Waals surface area contributed by atoms with Crippen LogP contribution < -0.4 is 0 Å². The summed E-state index contributed by atoms with van der Waals surface area (Å²) in [4.78, 5) is 12.9. The fraction of sp³-hybridized carbons (Fsp3) is 0.711. The molecule has 1 aromatic rings. The first kappa shape index (κ1) is 30.5. The van der Waals surface area contributed by atoms with Crippen molar-refractivity contribution in [3.8, 4) is 0 Å². The molecule has 7 atom stereocenters. The molecule has 8 rings (SSSR count). The average Bonchev–Trinajstić information content (AvgIpc) is 3.75. The molecule has 45 heavy (non-hydrogen) atoms. The van der Waals surface area contributed by atoms with Crippen LogP contribution in [0.15, 0.2) is 47.6 Å². The minimum atomic E-state index is -0.944. The molecular weight excluding hydrogens is 568 g/mol. The van der Waals surface area contributed by atoms with E-state index in [1.54, 1.807) is 0 Å². The zero-order chi connectivity index (χ0) is 30.9. The third-order valence-electron chi connectivity index (χ3n) is 12.9. The summed E-state index contributed by atoms with van der Waals surface area (Å²) < 4.78 is 23.9. The fourth-order valence-electron chi connectivity index (χ4n) is 10.3. The highest BCUT2D eigenvalue weighted by Crippen LogP contribution is 2.68. The number of ether oxygens (including phenoxy) is 4. The van der Waals surface area contributed by atoms with Gasteiger partial charge >= 0.3 is 0 Å². The first-order chi connectivity index (χ1) is 21.7. The number of benzene rings is 1. The number of rotatable bonds is 7. The van der Waals surface area contributed by atoms with E-state index in [1.807, 2.05) is 24.3 Å². The molecule has 6 fully saturated rings. The Bertz CT molecular complexity index is 1350. The van der Waals surface area contributed by atoms with Crippen molar-refractivity contribution < 1.29 is 34.0 Å². The molecule has 0 aromatic heterocycles. The Morgan fingerprint density at radius 2 is 1.78 bits per heavy atom. The zero-order valence-electron chi connectivity index (χ0n) is 26.8. The Labute approximate surface area is 267 Å². The van der Waals surface area contributed by atoms with Crippen LogP contribution in [0.4, 0.5) is 0 Å². The van der Waals surface area contributed by atoms with E-state index in [0.29, 0.717) is 44.5 Å². The highest BCUT2D eigenvalue weighted by Gasteiger charge is 2.64. The quantitative estimate of drug-likeness (QED) is 0.271. The molecule has 244 valence electrons. The number of hydrogen-bond acceptors (Lipinski definition) is 7. The highest BCUT2D eigenvalue weighted by molar-refractivity contribution is 5.99.